The largest absolute Gasteiger partial charge is 0.308 e. The van der Waals surface area contributed by atoms with Crippen molar-refractivity contribution in [2.75, 3.05) is 4.90 Å². The van der Waals surface area contributed by atoms with E-state index in [1.165, 1.54) is 88.7 Å². The van der Waals surface area contributed by atoms with E-state index < -0.39 is 0 Å². The lowest BCUT2D eigenvalue weighted by Gasteiger charge is -2.31. The van der Waals surface area contributed by atoms with Gasteiger partial charge in [-0.15, -0.1) is 0 Å². The summed E-state index contributed by atoms with van der Waals surface area (Å²) in [5.74, 6) is 0. The molecule has 1 aliphatic carbocycles. The van der Waals surface area contributed by atoms with Crippen LogP contribution in [0.4, 0.5) is 17.1 Å². The number of rotatable bonds is 2. The summed E-state index contributed by atoms with van der Waals surface area (Å²) in [6.07, 6.45) is 4.50. The van der Waals surface area contributed by atoms with Gasteiger partial charge in [0.05, 0.1) is 17.1 Å². The molecule has 7 aromatic carbocycles. The third kappa shape index (κ3) is 3.74. The number of nitrogens with zero attached hydrogens (tertiary/aromatic N) is 1. The van der Waals surface area contributed by atoms with E-state index in [0.717, 1.165) is 0 Å². The molecule has 0 saturated heterocycles. The Labute approximate surface area is 264 Å². The maximum atomic E-state index is 2.50. The van der Waals surface area contributed by atoms with E-state index in [0.29, 0.717) is 0 Å². The smallest absolute Gasteiger partial charge is 0.0619 e. The molecule has 45 heavy (non-hydrogen) atoms. The molecular weight excluding hydrogens is 542 g/mol. The van der Waals surface area contributed by atoms with Crippen LogP contribution in [0.25, 0.3) is 56.0 Å². The minimum absolute atomic E-state index is 0.0597. The molecule has 0 radical (unpaired) electrons. The summed E-state index contributed by atoms with van der Waals surface area (Å²) >= 11 is 0. The highest BCUT2D eigenvalue weighted by molar-refractivity contribution is 6.23. The van der Waals surface area contributed by atoms with Crippen molar-refractivity contribution in [3.05, 3.63) is 161 Å². The average Bonchev–Trinajstić information content (AvgIpc) is 3.18. The maximum Gasteiger partial charge on any atom is 0.0619 e. The van der Waals surface area contributed by atoms with Crippen LogP contribution in [0.3, 0.4) is 0 Å². The van der Waals surface area contributed by atoms with Crippen LogP contribution in [0.1, 0.15) is 41.7 Å². The molecule has 0 fully saturated rings. The Morgan fingerprint density at radius 2 is 1.09 bits per heavy atom. The third-order valence-electron chi connectivity index (χ3n) is 10.0. The fourth-order valence-electron chi connectivity index (χ4n) is 7.90. The lowest BCUT2D eigenvalue weighted by molar-refractivity contribution is 0.660. The van der Waals surface area contributed by atoms with E-state index in [1.807, 2.05) is 0 Å². The standard InChI is InChI=1S/C44H33N/c1-28-20-24-36-37(26-28)42(31-23-25-33-32-14-8-9-17-38(32)44(2,3)39(33)27-31)34-15-6-7-16-35(34)43(36)45-40-18-10-4-12-29(40)21-22-30-13-5-11-19-41(30)45/h4-27H,1-3H3. The average molecular weight is 576 g/mol. The van der Waals surface area contributed by atoms with Crippen molar-refractivity contribution in [2.24, 2.45) is 0 Å². The summed E-state index contributed by atoms with van der Waals surface area (Å²) in [7, 11) is 0. The molecule has 7 aromatic rings. The summed E-state index contributed by atoms with van der Waals surface area (Å²) < 4.78 is 0. The van der Waals surface area contributed by atoms with Gasteiger partial charge in [0.15, 0.2) is 0 Å². The number of aryl methyl sites for hydroxylation is 1. The molecule has 0 amide bonds. The van der Waals surface area contributed by atoms with Gasteiger partial charge in [-0.3, -0.25) is 0 Å². The Hall–Kier alpha value is -5.40. The van der Waals surface area contributed by atoms with Crippen LogP contribution < -0.4 is 4.90 Å². The molecule has 1 aliphatic heterocycles. The van der Waals surface area contributed by atoms with Crippen molar-refractivity contribution in [3.8, 4) is 22.3 Å². The first-order chi connectivity index (χ1) is 22.0. The molecule has 0 atom stereocenters. The van der Waals surface area contributed by atoms with Gasteiger partial charge in [0.25, 0.3) is 0 Å². The monoisotopic (exact) mass is 575 g/mol. The number of fused-ring (bicyclic) bond motifs is 7. The number of anilines is 3. The van der Waals surface area contributed by atoms with Gasteiger partial charge >= 0.3 is 0 Å². The van der Waals surface area contributed by atoms with E-state index in [9.17, 15) is 0 Å². The fraction of sp³-hybridized carbons (Fsp3) is 0.0909. The van der Waals surface area contributed by atoms with Gasteiger partial charge in [0, 0.05) is 16.2 Å². The highest BCUT2D eigenvalue weighted by Gasteiger charge is 2.35. The van der Waals surface area contributed by atoms with Crippen molar-refractivity contribution in [3.63, 3.8) is 0 Å². The second kappa shape index (κ2) is 9.55. The second-order valence-electron chi connectivity index (χ2n) is 13.0. The number of hydrogen-bond acceptors (Lipinski definition) is 1. The van der Waals surface area contributed by atoms with E-state index in [-0.39, 0.29) is 5.41 Å². The van der Waals surface area contributed by atoms with Crippen molar-refractivity contribution in [1.29, 1.82) is 0 Å². The summed E-state index contributed by atoms with van der Waals surface area (Å²) in [5, 5.41) is 5.05. The van der Waals surface area contributed by atoms with Crippen molar-refractivity contribution >= 4 is 50.8 Å². The number of para-hydroxylation sites is 2. The lowest BCUT2D eigenvalue weighted by atomic mass is 9.81. The molecule has 0 saturated carbocycles. The predicted molar refractivity (Wildman–Crippen MR) is 193 cm³/mol. The highest BCUT2D eigenvalue weighted by atomic mass is 15.2. The fourth-order valence-corrected chi connectivity index (χ4v) is 7.90. The first kappa shape index (κ1) is 26.0. The van der Waals surface area contributed by atoms with Crippen LogP contribution in [-0.4, -0.2) is 0 Å². The zero-order valence-electron chi connectivity index (χ0n) is 25.8. The Morgan fingerprint density at radius 1 is 0.489 bits per heavy atom. The minimum atomic E-state index is -0.0597. The van der Waals surface area contributed by atoms with Crippen LogP contribution in [0.2, 0.25) is 0 Å². The van der Waals surface area contributed by atoms with Crippen molar-refractivity contribution in [2.45, 2.75) is 26.2 Å². The molecule has 0 spiro atoms. The summed E-state index contributed by atoms with van der Waals surface area (Å²) in [6.45, 7) is 6.95. The van der Waals surface area contributed by atoms with Gasteiger partial charge < -0.3 is 4.90 Å². The van der Waals surface area contributed by atoms with E-state index in [2.05, 4.69) is 171 Å². The van der Waals surface area contributed by atoms with Crippen molar-refractivity contribution in [1.82, 2.24) is 0 Å². The Balaban J connectivity index is 1.39. The van der Waals surface area contributed by atoms with Crippen LogP contribution in [0.15, 0.2) is 133 Å². The molecular formula is C44H33N. The highest BCUT2D eigenvalue weighted by Crippen LogP contribution is 2.53. The molecule has 214 valence electrons. The van der Waals surface area contributed by atoms with Crippen molar-refractivity contribution < 1.29 is 0 Å². The summed E-state index contributed by atoms with van der Waals surface area (Å²) in [4.78, 5) is 2.50. The Kier molecular flexibility index (Phi) is 5.53. The predicted octanol–water partition coefficient (Wildman–Crippen LogP) is 12.2. The SMILES string of the molecule is Cc1ccc2c(N3c4ccccc4C=Cc4ccccc43)c3ccccc3c(-c3ccc4c(c3)C(C)(C)c3ccccc3-4)c2c1. The lowest BCUT2D eigenvalue weighted by Crippen LogP contribution is -2.15. The molecule has 1 heterocycles. The first-order valence-corrected chi connectivity index (χ1v) is 15.9. The zero-order chi connectivity index (χ0) is 30.3. The number of benzene rings is 7. The molecule has 0 aromatic heterocycles. The molecule has 1 nitrogen and oxygen atoms in total. The van der Waals surface area contributed by atoms with Gasteiger partial charge in [-0.05, 0) is 80.4 Å². The zero-order valence-corrected chi connectivity index (χ0v) is 25.8. The third-order valence-corrected chi connectivity index (χ3v) is 10.0. The normalized spacial score (nSPS) is 14.2. The van der Waals surface area contributed by atoms with Crippen LogP contribution in [0.5, 0.6) is 0 Å². The molecule has 2 aliphatic rings. The maximum absolute atomic E-state index is 2.50. The Morgan fingerprint density at radius 3 is 1.84 bits per heavy atom. The van der Waals surface area contributed by atoms with Crippen LogP contribution >= 0.6 is 0 Å². The van der Waals surface area contributed by atoms with Gasteiger partial charge in [0.2, 0.25) is 0 Å². The van der Waals surface area contributed by atoms with Crippen LogP contribution in [0, 0.1) is 6.92 Å². The molecule has 9 rings (SSSR count). The number of hydrogen-bond donors (Lipinski definition) is 0. The van der Waals surface area contributed by atoms with Gasteiger partial charge in [0.1, 0.15) is 0 Å². The molecule has 1 heteroatoms. The van der Waals surface area contributed by atoms with E-state index >= 15 is 0 Å². The topological polar surface area (TPSA) is 3.24 Å². The van der Waals surface area contributed by atoms with Crippen LogP contribution in [-0.2, 0) is 5.41 Å². The minimum Gasteiger partial charge on any atom is -0.308 e. The van der Waals surface area contributed by atoms with E-state index in [1.54, 1.807) is 0 Å². The van der Waals surface area contributed by atoms with E-state index in [4.69, 9.17) is 0 Å². The molecule has 0 unspecified atom stereocenters. The Bertz CT molecular complexity index is 2320. The molecule has 0 N–H and O–H groups in total. The van der Waals surface area contributed by atoms with Gasteiger partial charge in [-0.25, -0.2) is 0 Å². The summed E-state index contributed by atoms with van der Waals surface area (Å²) in [5.41, 5.74) is 15.3. The van der Waals surface area contributed by atoms with Gasteiger partial charge in [-0.1, -0.05) is 147 Å². The first-order valence-electron chi connectivity index (χ1n) is 15.9. The summed E-state index contributed by atoms with van der Waals surface area (Å²) in [6, 6.07) is 49.6. The van der Waals surface area contributed by atoms with Gasteiger partial charge in [-0.2, -0.15) is 0 Å². The second-order valence-corrected chi connectivity index (χ2v) is 13.0. The quantitative estimate of drug-likeness (QED) is 0.185. The molecule has 0 bridgehead atoms.